The Labute approximate surface area is 66.0 Å². The third-order valence-corrected chi connectivity index (χ3v) is 2.03. The third-order valence-electron chi connectivity index (χ3n) is 2.03. The van der Waals surface area contributed by atoms with Gasteiger partial charge in [-0.2, -0.15) is 0 Å². The molecule has 0 spiro atoms. The number of aromatic nitrogens is 2. The molecule has 1 aliphatic carbocycles. The monoisotopic (exact) mass is 146 g/mol. The Balaban J connectivity index is 2.60. The molecule has 1 aromatic heterocycles. The van der Waals surface area contributed by atoms with Gasteiger partial charge in [0.1, 0.15) is 6.33 Å². The number of nitrogens with zero attached hydrogens (tertiary/aromatic N) is 2. The van der Waals surface area contributed by atoms with Crippen LogP contribution in [0, 0.1) is 6.92 Å². The van der Waals surface area contributed by atoms with Crippen molar-refractivity contribution in [3.05, 3.63) is 29.4 Å². The van der Waals surface area contributed by atoms with Crippen LogP contribution in [0.4, 0.5) is 0 Å². The smallest absolute Gasteiger partial charge is 0.116 e. The molecular formula is C9H10N2. The summed E-state index contributed by atoms with van der Waals surface area (Å²) < 4.78 is 0. The Bertz CT molecular complexity index is 302. The second kappa shape index (κ2) is 2.46. The number of hydrogen-bond donors (Lipinski definition) is 0. The molecule has 2 rings (SSSR count). The van der Waals surface area contributed by atoms with E-state index >= 15 is 0 Å². The van der Waals surface area contributed by atoms with E-state index in [-0.39, 0.29) is 0 Å². The van der Waals surface area contributed by atoms with Gasteiger partial charge in [-0.15, -0.1) is 0 Å². The SMILES string of the molecule is Cc1ncnc2c1CCC=C2. The molecule has 2 nitrogen and oxygen atoms in total. The molecule has 0 unspecified atom stereocenters. The van der Waals surface area contributed by atoms with Crippen LogP contribution >= 0.6 is 0 Å². The van der Waals surface area contributed by atoms with E-state index in [0.29, 0.717) is 0 Å². The minimum atomic E-state index is 1.10. The van der Waals surface area contributed by atoms with E-state index in [1.165, 1.54) is 5.56 Å². The van der Waals surface area contributed by atoms with Crippen LogP contribution in [0.25, 0.3) is 6.08 Å². The lowest BCUT2D eigenvalue weighted by molar-refractivity contribution is 0.912. The summed E-state index contributed by atoms with van der Waals surface area (Å²) in [5.74, 6) is 0. The second-order valence-electron chi connectivity index (χ2n) is 2.76. The highest BCUT2D eigenvalue weighted by atomic mass is 14.8. The molecule has 0 N–H and O–H groups in total. The zero-order chi connectivity index (χ0) is 7.68. The molecular weight excluding hydrogens is 136 g/mol. The van der Waals surface area contributed by atoms with Gasteiger partial charge < -0.3 is 0 Å². The largest absolute Gasteiger partial charge is 0.241 e. The number of allylic oxidation sites excluding steroid dienone is 1. The number of rotatable bonds is 0. The summed E-state index contributed by atoms with van der Waals surface area (Å²) in [6.45, 7) is 2.04. The van der Waals surface area contributed by atoms with Crippen LogP contribution in [0.15, 0.2) is 12.4 Å². The molecule has 0 radical (unpaired) electrons. The average molecular weight is 146 g/mol. The first-order chi connectivity index (χ1) is 5.38. The molecule has 11 heavy (non-hydrogen) atoms. The maximum Gasteiger partial charge on any atom is 0.116 e. The van der Waals surface area contributed by atoms with Gasteiger partial charge in [-0.1, -0.05) is 6.08 Å². The van der Waals surface area contributed by atoms with Gasteiger partial charge in [-0.3, -0.25) is 0 Å². The fourth-order valence-electron chi connectivity index (χ4n) is 1.39. The van der Waals surface area contributed by atoms with Gasteiger partial charge in [0.25, 0.3) is 0 Å². The Hall–Kier alpha value is -1.18. The summed E-state index contributed by atoms with van der Waals surface area (Å²) in [5, 5.41) is 0. The highest BCUT2D eigenvalue weighted by molar-refractivity contribution is 5.52. The van der Waals surface area contributed by atoms with Crippen molar-refractivity contribution < 1.29 is 0 Å². The Morgan fingerprint density at radius 3 is 3.09 bits per heavy atom. The zero-order valence-corrected chi connectivity index (χ0v) is 6.54. The maximum atomic E-state index is 4.18. The van der Waals surface area contributed by atoms with E-state index in [1.54, 1.807) is 6.33 Å². The first-order valence-corrected chi connectivity index (χ1v) is 3.85. The molecule has 1 aromatic rings. The van der Waals surface area contributed by atoms with Crippen LogP contribution < -0.4 is 0 Å². The zero-order valence-electron chi connectivity index (χ0n) is 6.54. The Kier molecular flexibility index (Phi) is 1.46. The second-order valence-corrected chi connectivity index (χ2v) is 2.76. The lowest BCUT2D eigenvalue weighted by Gasteiger charge is -2.09. The third kappa shape index (κ3) is 1.04. The van der Waals surface area contributed by atoms with Gasteiger partial charge in [0.2, 0.25) is 0 Å². The number of fused-ring (bicyclic) bond motifs is 1. The minimum Gasteiger partial charge on any atom is -0.241 e. The first-order valence-electron chi connectivity index (χ1n) is 3.85. The molecule has 2 heteroatoms. The van der Waals surface area contributed by atoms with Gasteiger partial charge in [-0.05, 0) is 31.4 Å². The molecule has 0 saturated carbocycles. The van der Waals surface area contributed by atoms with Crippen molar-refractivity contribution >= 4 is 6.08 Å². The van der Waals surface area contributed by atoms with E-state index in [2.05, 4.69) is 22.1 Å². The van der Waals surface area contributed by atoms with Crippen LogP contribution in [0.5, 0.6) is 0 Å². The molecule has 0 atom stereocenters. The lowest BCUT2D eigenvalue weighted by Crippen LogP contribution is -2.01. The Morgan fingerprint density at radius 1 is 1.36 bits per heavy atom. The molecule has 0 fully saturated rings. The van der Waals surface area contributed by atoms with Crippen LogP contribution in [-0.4, -0.2) is 9.97 Å². The number of aryl methyl sites for hydroxylation is 1. The molecule has 1 heterocycles. The van der Waals surface area contributed by atoms with Crippen molar-refractivity contribution in [2.24, 2.45) is 0 Å². The first kappa shape index (κ1) is 6.53. The predicted molar refractivity (Wildman–Crippen MR) is 44.1 cm³/mol. The van der Waals surface area contributed by atoms with Crippen molar-refractivity contribution in [1.29, 1.82) is 0 Å². The molecule has 56 valence electrons. The van der Waals surface area contributed by atoms with E-state index < -0.39 is 0 Å². The summed E-state index contributed by atoms with van der Waals surface area (Å²) in [7, 11) is 0. The average Bonchev–Trinajstić information content (AvgIpc) is 2.06. The summed E-state index contributed by atoms with van der Waals surface area (Å²) >= 11 is 0. The molecule has 0 aromatic carbocycles. The summed E-state index contributed by atoms with van der Waals surface area (Å²) in [5.41, 5.74) is 3.54. The molecule has 0 amide bonds. The summed E-state index contributed by atoms with van der Waals surface area (Å²) in [4.78, 5) is 8.33. The number of hydrogen-bond acceptors (Lipinski definition) is 2. The molecule has 1 aliphatic rings. The molecule has 0 bridgehead atoms. The molecule has 0 saturated heterocycles. The highest BCUT2D eigenvalue weighted by Gasteiger charge is 2.07. The van der Waals surface area contributed by atoms with Gasteiger partial charge in [0.15, 0.2) is 0 Å². The van der Waals surface area contributed by atoms with Crippen LogP contribution in [0.2, 0.25) is 0 Å². The van der Waals surface area contributed by atoms with Crippen LogP contribution in [0.3, 0.4) is 0 Å². The normalized spacial score (nSPS) is 14.6. The predicted octanol–water partition coefficient (Wildman–Crippen LogP) is 1.74. The standard InChI is InChI=1S/C9H10N2/c1-7-8-4-2-3-5-9(8)11-6-10-7/h3,5-6H,2,4H2,1H3. The van der Waals surface area contributed by atoms with Gasteiger partial charge in [0, 0.05) is 5.69 Å². The van der Waals surface area contributed by atoms with Crippen molar-refractivity contribution in [1.82, 2.24) is 9.97 Å². The lowest BCUT2D eigenvalue weighted by atomic mass is 10.0. The van der Waals surface area contributed by atoms with Crippen molar-refractivity contribution in [2.45, 2.75) is 19.8 Å². The van der Waals surface area contributed by atoms with Crippen LogP contribution in [0.1, 0.15) is 23.4 Å². The van der Waals surface area contributed by atoms with Gasteiger partial charge in [0.05, 0.1) is 5.69 Å². The van der Waals surface area contributed by atoms with Crippen molar-refractivity contribution in [2.75, 3.05) is 0 Å². The Morgan fingerprint density at radius 2 is 2.27 bits per heavy atom. The highest BCUT2D eigenvalue weighted by Crippen LogP contribution is 2.17. The maximum absolute atomic E-state index is 4.18. The van der Waals surface area contributed by atoms with E-state index in [1.807, 2.05) is 6.92 Å². The van der Waals surface area contributed by atoms with Gasteiger partial charge >= 0.3 is 0 Å². The van der Waals surface area contributed by atoms with Gasteiger partial charge in [-0.25, -0.2) is 9.97 Å². The summed E-state index contributed by atoms with van der Waals surface area (Å²) in [6.07, 6.45) is 8.09. The summed E-state index contributed by atoms with van der Waals surface area (Å²) in [6, 6.07) is 0. The van der Waals surface area contributed by atoms with Crippen LogP contribution in [-0.2, 0) is 6.42 Å². The fourth-order valence-corrected chi connectivity index (χ4v) is 1.39. The minimum absolute atomic E-state index is 1.10. The van der Waals surface area contributed by atoms with E-state index in [0.717, 1.165) is 24.2 Å². The topological polar surface area (TPSA) is 25.8 Å². The van der Waals surface area contributed by atoms with E-state index in [9.17, 15) is 0 Å². The van der Waals surface area contributed by atoms with E-state index in [4.69, 9.17) is 0 Å². The van der Waals surface area contributed by atoms with Crippen molar-refractivity contribution in [3.8, 4) is 0 Å². The fraction of sp³-hybridized carbons (Fsp3) is 0.333. The molecule has 0 aliphatic heterocycles. The van der Waals surface area contributed by atoms with Crippen molar-refractivity contribution in [3.63, 3.8) is 0 Å². The quantitative estimate of drug-likeness (QED) is 0.557.